The number of carbonyl (C=O) groups excluding carboxylic acids is 1. The van der Waals surface area contributed by atoms with E-state index in [1.54, 1.807) is 55.5 Å². The highest BCUT2D eigenvalue weighted by atomic mass is 28.3. The number of aromatic nitrogens is 8. The molecule has 1 N–H and O–H groups in total. The fourth-order valence-electron chi connectivity index (χ4n) is 5.52. The lowest BCUT2D eigenvalue weighted by molar-refractivity contribution is -0.137. The number of nitrogens with one attached hydrogen (secondary N) is 1. The van der Waals surface area contributed by atoms with Crippen LogP contribution >= 0.6 is 0 Å². The van der Waals surface area contributed by atoms with Gasteiger partial charge in [0.25, 0.3) is 0 Å². The number of ether oxygens (including phenoxy) is 2. The molecule has 0 bridgehead atoms. The number of alkyl halides is 3. The average molecular weight is 689 g/mol. The van der Waals surface area contributed by atoms with Gasteiger partial charge in [0, 0.05) is 57.2 Å². The number of pyridine rings is 1. The van der Waals surface area contributed by atoms with Gasteiger partial charge >= 0.3 is 12.3 Å². The van der Waals surface area contributed by atoms with Gasteiger partial charge < -0.3 is 24.3 Å². The number of likely N-dealkylation sites (tertiary alicyclic amines) is 1. The van der Waals surface area contributed by atoms with Crippen LogP contribution in [0.2, 0.25) is 25.7 Å². The second-order valence-electron chi connectivity index (χ2n) is 14.6. The highest BCUT2D eigenvalue weighted by molar-refractivity contribution is 6.76. The van der Waals surface area contributed by atoms with Gasteiger partial charge in [0.1, 0.15) is 23.5 Å². The van der Waals surface area contributed by atoms with Crippen LogP contribution in [0.5, 0.6) is 0 Å². The average Bonchev–Trinajstić information content (AvgIpc) is 3.56. The van der Waals surface area contributed by atoms with E-state index >= 15 is 0 Å². The summed E-state index contributed by atoms with van der Waals surface area (Å²) in [5.74, 6) is 1.03. The van der Waals surface area contributed by atoms with Gasteiger partial charge in [0.05, 0.1) is 5.69 Å². The number of piperidine rings is 1. The van der Waals surface area contributed by atoms with Gasteiger partial charge in [0.2, 0.25) is 5.95 Å². The van der Waals surface area contributed by atoms with Crippen LogP contribution < -0.4 is 5.32 Å². The first kappa shape index (κ1) is 35.2. The number of carbonyl (C=O) groups is 1. The molecule has 0 aliphatic carbocycles. The summed E-state index contributed by atoms with van der Waals surface area (Å²) >= 11 is 0. The largest absolute Gasteiger partial charge is 0.444 e. The van der Waals surface area contributed by atoms with E-state index in [0.29, 0.717) is 42.2 Å². The number of anilines is 1. The minimum absolute atomic E-state index is 0.0161. The fourth-order valence-corrected chi connectivity index (χ4v) is 6.28. The van der Waals surface area contributed by atoms with Crippen LogP contribution in [0.1, 0.15) is 45.5 Å². The first-order valence-corrected chi connectivity index (χ1v) is 19.6. The van der Waals surface area contributed by atoms with E-state index in [4.69, 9.17) is 14.5 Å². The van der Waals surface area contributed by atoms with Gasteiger partial charge in [-0.25, -0.2) is 19.7 Å². The molecule has 0 saturated carbocycles. The minimum Gasteiger partial charge on any atom is -0.444 e. The van der Waals surface area contributed by atoms with E-state index in [-0.39, 0.29) is 42.4 Å². The first-order chi connectivity index (χ1) is 22.4. The summed E-state index contributed by atoms with van der Waals surface area (Å²) < 4.78 is 58.1. The number of rotatable bonds is 9. The zero-order valence-corrected chi connectivity index (χ0v) is 29.6. The number of hydrogen-bond donors (Lipinski definition) is 1. The molecule has 4 aromatic rings. The third-order valence-electron chi connectivity index (χ3n) is 7.77. The van der Waals surface area contributed by atoms with Gasteiger partial charge in [-0.3, -0.25) is 0 Å². The Balaban J connectivity index is 1.52. The van der Waals surface area contributed by atoms with Crippen molar-refractivity contribution in [3.63, 3.8) is 0 Å². The smallest absolute Gasteiger partial charge is 0.419 e. The number of hydrogen-bond acceptors (Lipinski definition) is 10. The molecule has 5 heterocycles. The van der Waals surface area contributed by atoms with Crippen molar-refractivity contribution in [2.75, 3.05) is 25.0 Å². The molecule has 5 rings (SSSR count). The Morgan fingerprint density at radius 3 is 2.52 bits per heavy atom. The minimum atomic E-state index is -4.74. The monoisotopic (exact) mass is 688 g/mol. The van der Waals surface area contributed by atoms with E-state index in [0.717, 1.165) is 12.2 Å². The van der Waals surface area contributed by atoms with E-state index in [1.807, 2.05) is 6.92 Å². The number of amides is 1. The molecule has 260 valence electrons. The molecule has 48 heavy (non-hydrogen) atoms. The van der Waals surface area contributed by atoms with E-state index in [9.17, 15) is 18.0 Å². The van der Waals surface area contributed by atoms with E-state index < -0.39 is 31.5 Å². The third-order valence-corrected chi connectivity index (χ3v) is 9.47. The lowest BCUT2D eigenvalue weighted by Gasteiger charge is -2.37. The topological polar surface area (TPSA) is 138 Å². The molecule has 1 fully saturated rings. The molecule has 1 saturated heterocycles. The normalized spacial score (nSPS) is 17.6. The Labute approximate surface area is 278 Å². The Bertz CT molecular complexity index is 1760. The summed E-state index contributed by atoms with van der Waals surface area (Å²) in [5, 5.41) is 15.2. The standard InChI is InChI=1S/C31H43F3N10O3Si/c1-19-13-21(16-42(15-19)29(45)47-30(3,4)5)36-28-35-14-24(31(32,33)34)26(38-28)23-17-43(18-46-11-12-48(6,7)8)27-22(23)9-10-25(37-27)44-20(2)39-40-41-44/h9-10,14,17,19,21H,11-13,15-16,18H2,1-8H3,(H,35,36,38)/t19?,21-/m0/s1. The molecule has 13 nitrogen and oxygen atoms in total. The second-order valence-corrected chi connectivity index (χ2v) is 20.2. The first-order valence-electron chi connectivity index (χ1n) is 15.9. The van der Waals surface area contributed by atoms with E-state index in [2.05, 4.69) is 50.5 Å². The van der Waals surface area contributed by atoms with Gasteiger partial charge in [-0.2, -0.15) is 17.9 Å². The summed E-state index contributed by atoms with van der Waals surface area (Å²) in [6.45, 7) is 17.2. The molecule has 1 aliphatic rings. The maximum Gasteiger partial charge on any atom is 0.419 e. The second kappa shape index (κ2) is 13.4. The van der Waals surface area contributed by atoms with Crippen molar-refractivity contribution < 1.29 is 27.4 Å². The Morgan fingerprint density at radius 2 is 1.88 bits per heavy atom. The number of aryl methyl sites for hydroxylation is 1. The van der Waals surface area contributed by atoms with Crippen LogP contribution in [-0.4, -0.2) is 90.1 Å². The summed E-state index contributed by atoms with van der Waals surface area (Å²) in [6, 6.07) is 3.94. The van der Waals surface area contributed by atoms with Gasteiger partial charge in [-0.15, -0.1) is 5.10 Å². The number of tetrazole rings is 1. The summed E-state index contributed by atoms with van der Waals surface area (Å²) in [5.41, 5.74) is -1.34. The molecule has 4 aromatic heterocycles. The molecular weight excluding hydrogens is 645 g/mol. The number of nitrogens with zero attached hydrogens (tertiary/aromatic N) is 9. The Morgan fingerprint density at radius 1 is 1.12 bits per heavy atom. The van der Waals surface area contributed by atoms with Gasteiger partial charge in [0.15, 0.2) is 11.6 Å². The molecule has 1 amide bonds. The number of fused-ring (bicyclic) bond motifs is 1. The zero-order valence-electron chi connectivity index (χ0n) is 28.6. The highest BCUT2D eigenvalue weighted by Crippen LogP contribution is 2.39. The predicted molar refractivity (Wildman–Crippen MR) is 176 cm³/mol. The van der Waals surface area contributed by atoms with Crippen molar-refractivity contribution >= 4 is 31.1 Å². The Kier molecular flexibility index (Phi) is 9.83. The number of halogens is 3. The summed E-state index contributed by atoms with van der Waals surface area (Å²) in [7, 11) is -1.38. The summed E-state index contributed by atoms with van der Waals surface area (Å²) in [4.78, 5) is 27.7. The fraction of sp³-hybridized carbons (Fsp3) is 0.581. The molecule has 2 atom stereocenters. The predicted octanol–water partition coefficient (Wildman–Crippen LogP) is 6.17. The van der Waals surface area contributed by atoms with Crippen LogP contribution in [0.15, 0.2) is 24.5 Å². The maximum absolute atomic E-state index is 14.5. The SMILES string of the molecule is Cc1nnnn1-c1ccc2c(-c3nc(N[C@H]4CC(C)CN(C(=O)OC(C)(C)C)C4)ncc3C(F)(F)F)cn(COCC[Si](C)(C)C)c2n1. The van der Waals surface area contributed by atoms with Crippen LogP contribution in [0, 0.1) is 12.8 Å². The maximum atomic E-state index is 14.5. The van der Waals surface area contributed by atoms with Gasteiger partial charge in [-0.1, -0.05) is 26.6 Å². The van der Waals surface area contributed by atoms with Crippen LogP contribution in [-0.2, 0) is 22.4 Å². The van der Waals surface area contributed by atoms with Crippen molar-refractivity contribution in [1.29, 1.82) is 0 Å². The van der Waals surface area contributed by atoms with Crippen molar-refractivity contribution in [3.05, 3.63) is 35.9 Å². The lowest BCUT2D eigenvalue weighted by atomic mass is 9.96. The molecule has 1 unspecified atom stereocenters. The van der Waals surface area contributed by atoms with Gasteiger partial charge in [-0.05, 0) is 68.6 Å². The quantitative estimate of drug-likeness (QED) is 0.161. The zero-order chi connectivity index (χ0) is 35.0. The lowest BCUT2D eigenvalue weighted by Crippen LogP contribution is -2.49. The van der Waals surface area contributed by atoms with Crippen LogP contribution in [0.4, 0.5) is 23.9 Å². The molecule has 0 spiro atoms. The molecule has 0 aromatic carbocycles. The summed E-state index contributed by atoms with van der Waals surface area (Å²) in [6.07, 6.45) is -2.14. The van der Waals surface area contributed by atoms with Crippen LogP contribution in [0.3, 0.4) is 0 Å². The third kappa shape index (κ3) is 8.47. The van der Waals surface area contributed by atoms with Crippen molar-refractivity contribution in [2.45, 2.75) is 91.3 Å². The molecule has 1 aliphatic heterocycles. The molecular formula is C31H43F3N10O3Si. The highest BCUT2D eigenvalue weighted by Gasteiger charge is 2.37. The molecule has 17 heteroatoms. The van der Waals surface area contributed by atoms with Crippen molar-refractivity contribution in [2.24, 2.45) is 5.92 Å². The van der Waals surface area contributed by atoms with E-state index in [1.165, 1.54) is 4.68 Å². The van der Waals surface area contributed by atoms with Crippen molar-refractivity contribution in [1.82, 2.24) is 44.6 Å². The molecule has 0 radical (unpaired) electrons. The van der Waals surface area contributed by atoms with Crippen molar-refractivity contribution in [3.8, 4) is 17.1 Å². The Hall–Kier alpha value is -4.12. The van der Waals surface area contributed by atoms with Crippen LogP contribution in [0.25, 0.3) is 28.1 Å².